The van der Waals surface area contributed by atoms with Crippen LogP contribution in [0.15, 0.2) is 18.2 Å². The first kappa shape index (κ1) is 8.97. The Morgan fingerprint density at radius 3 is 3.00 bits per heavy atom. The lowest BCUT2D eigenvalue weighted by Crippen LogP contribution is -2.13. The van der Waals surface area contributed by atoms with E-state index in [0.29, 0.717) is 5.02 Å². The zero-order chi connectivity index (χ0) is 9.26. The van der Waals surface area contributed by atoms with Gasteiger partial charge in [0.05, 0.1) is 0 Å². The van der Waals surface area contributed by atoms with Crippen molar-refractivity contribution in [2.24, 2.45) is 0 Å². The fraction of sp³-hybridized carbons (Fsp3) is 0.400. The highest BCUT2D eigenvalue weighted by molar-refractivity contribution is 6.31. The van der Waals surface area contributed by atoms with Crippen molar-refractivity contribution >= 4 is 11.6 Å². The van der Waals surface area contributed by atoms with Crippen LogP contribution in [-0.4, -0.2) is 6.54 Å². The molecule has 0 spiro atoms. The summed E-state index contributed by atoms with van der Waals surface area (Å²) in [4.78, 5) is 0. The van der Waals surface area contributed by atoms with E-state index in [1.165, 1.54) is 12.1 Å². The molecular formula is C10H11ClFN. The van der Waals surface area contributed by atoms with Gasteiger partial charge in [-0.25, -0.2) is 4.39 Å². The van der Waals surface area contributed by atoms with Crippen molar-refractivity contribution in [1.29, 1.82) is 0 Å². The minimum atomic E-state index is -0.215. The predicted octanol–water partition coefficient (Wildman–Crippen LogP) is 2.90. The third-order valence-electron chi connectivity index (χ3n) is 2.39. The maximum atomic E-state index is 12.9. The Kier molecular flexibility index (Phi) is 2.51. The zero-order valence-electron chi connectivity index (χ0n) is 7.19. The SMILES string of the molecule is Fc1ccc(Cl)c(C2CCCN2)c1. The molecule has 1 aromatic carbocycles. The molecule has 2 rings (SSSR count). The van der Waals surface area contributed by atoms with Gasteiger partial charge in [0.25, 0.3) is 0 Å². The Morgan fingerprint density at radius 2 is 2.31 bits per heavy atom. The Bertz CT molecular complexity index is 308. The Hall–Kier alpha value is -0.600. The molecule has 0 radical (unpaired) electrons. The summed E-state index contributed by atoms with van der Waals surface area (Å²) in [6.07, 6.45) is 2.18. The summed E-state index contributed by atoms with van der Waals surface area (Å²) in [7, 11) is 0. The van der Waals surface area contributed by atoms with Crippen LogP contribution in [0, 0.1) is 5.82 Å². The molecule has 1 aliphatic rings. The minimum Gasteiger partial charge on any atom is -0.310 e. The van der Waals surface area contributed by atoms with Crippen molar-refractivity contribution in [3.05, 3.63) is 34.6 Å². The second-order valence-corrected chi connectivity index (χ2v) is 3.72. The van der Waals surface area contributed by atoms with E-state index in [1.54, 1.807) is 6.07 Å². The van der Waals surface area contributed by atoms with E-state index in [9.17, 15) is 4.39 Å². The van der Waals surface area contributed by atoms with Gasteiger partial charge in [-0.1, -0.05) is 11.6 Å². The molecule has 1 nitrogen and oxygen atoms in total. The Balaban J connectivity index is 2.32. The van der Waals surface area contributed by atoms with E-state index in [-0.39, 0.29) is 11.9 Å². The quantitative estimate of drug-likeness (QED) is 0.734. The fourth-order valence-electron chi connectivity index (χ4n) is 1.73. The molecule has 0 aromatic heterocycles. The van der Waals surface area contributed by atoms with E-state index in [0.717, 1.165) is 24.9 Å². The van der Waals surface area contributed by atoms with E-state index < -0.39 is 0 Å². The molecule has 1 fully saturated rings. The van der Waals surface area contributed by atoms with E-state index in [2.05, 4.69) is 5.32 Å². The van der Waals surface area contributed by atoms with Crippen molar-refractivity contribution in [1.82, 2.24) is 5.32 Å². The van der Waals surface area contributed by atoms with Crippen LogP contribution >= 0.6 is 11.6 Å². The van der Waals surface area contributed by atoms with Crippen LogP contribution < -0.4 is 5.32 Å². The number of benzene rings is 1. The van der Waals surface area contributed by atoms with Crippen LogP contribution in [0.1, 0.15) is 24.4 Å². The molecule has 1 unspecified atom stereocenters. The van der Waals surface area contributed by atoms with Gasteiger partial charge in [0, 0.05) is 11.1 Å². The molecule has 1 aromatic rings. The molecule has 1 heterocycles. The highest BCUT2D eigenvalue weighted by atomic mass is 35.5. The first-order valence-electron chi connectivity index (χ1n) is 4.46. The standard InChI is InChI=1S/C10H11ClFN/c11-9-4-3-7(12)6-8(9)10-2-1-5-13-10/h3-4,6,10,13H,1-2,5H2. The van der Waals surface area contributed by atoms with E-state index >= 15 is 0 Å². The summed E-state index contributed by atoms with van der Waals surface area (Å²) >= 11 is 5.97. The molecular weight excluding hydrogens is 189 g/mol. The average molecular weight is 200 g/mol. The van der Waals surface area contributed by atoms with Gasteiger partial charge in [0.15, 0.2) is 0 Å². The molecule has 1 saturated heterocycles. The molecule has 13 heavy (non-hydrogen) atoms. The topological polar surface area (TPSA) is 12.0 Å². The van der Waals surface area contributed by atoms with Crippen molar-refractivity contribution in [2.45, 2.75) is 18.9 Å². The number of halogens is 2. The maximum absolute atomic E-state index is 12.9. The fourth-order valence-corrected chi connectivity index (χ4v) is 1.98. The lowest BCUT2D eigenvalue weighted by Gasteiger charge is -2.12. The van der Waals surface area contributed by atoms with Gasteiger partial charge in [-0.3, -0.25) is 0 Å². The van der Waals surface area contributed by atoms with Crippen molar-refractivity contribution in [2.75, 3.05) is 6.54 Å². The minimum absolute atomic E-state index is 0.215. The van der Waals surface area contributed by atoms with Crippen LogP contribution in [-0.2, 0) is 0 Å². The van der Waals surface area contributed by atoms with Gasteiger partial charge in [0.2, 0.25) is 0 Å². The summed E-state index contributed by atoms with van der Waals surface area (Å²) in [5.74, 6) is -0.215. The van der Waals surface area contributed by atoms with Crippen LogP contribution in [0.3, 0.4) is 0 Å². The molecule has 3 heteroatoms. The van der Waals surface area contributed by atoms with Crippen LogP contribution in [0.4, 0.5) is 4.39 Å². The maximum Gasteiger partial charge on any atom is 0.123 e. The van der Waals surface area contributed by atoms with E-state index in [1.807, 2.05) is 0 Å². The molecule has 0 amide bonds. The molecule has 0 saturated carbocycles. The van der Waals surface area contributed by atoms with Gasteiger partial charge in [-0.15, -0.1) is 0 Å². The second kappa shape index (κ2) is 3.64. The summed E-state index contributed by atoms with van der Waals surface area (Å²) < 4.78 is 12.9. The molecule has 1 atom stereocenters. The van der Waals surface area contributed by atoms with Crippen LogP contribution in [0.5, 0.6) is 0 Å². The molecule has 1 N–H and O–H groups in total. The molecule has 0 bridgehead atoms. The highest BCUT2D eigenvalue weighted by Gasteiger charge is 2.18. The van der Waals surface area contributed by atoms with Crippen LogP contribution in [0.2, 0.25) is 5.02 Å². The number of nitrogens with one attached hydrogen (secondary N) is 1. The average Bonchev–Trinajstić information content (AvgIpc) is 2.61. The smallest absolute Gasteiger partial charge is 0.123 e. The zero-order valence-corrected chi connectivity index (χ0v) is 7.94. The Morgan fingerprint density at radius 1 is 1.46 bits per heavy atom. The second-order valence-electron chi connectivity index (χ2n) is 3.31. The number of hydrogen-bond donors (Lipinski definition) is 1. The lowest BCUT2D eigenvalue weighted by molar-refractivity contribution is 0.607. The van der Waals surface area contributed by atoms with Gasteiger partial charge in [-0.2, -0.15) is 0 Å². The monoisotopic (exact) mass is 199 g/mol. The van der Waals surface area contributed by atoms with Crippen LogP contribution in [0.25, 0.3) is 0 Å². The summed E-state index contributed by atoms with van der Waals surface area (Å²) in [5.41, 5.74) is 0.888. The van der Waals surface area contributed by atoms with Gasteiger partial charge >= 0.3 is 0 Å². The van der Waals surface area contributed by atoms with Crippen molar-refractivity contribution in [3.8, 4) is 0 Å². The number of hydrogen-bond acceptors (Lipinski definition) is 1. The normalized spacial score (nSPS) is 22.2. The highest BCUT2D eigenvalue weighted by Crippen LogP contribution is 2.29. The third-order valence-corrected chi connectivity index (χ3v) is 2.74. The van der Waals surface area contributed by atoms with Gasteiger partial charge in [-0.05, 0) is 43.1 Å². The third kappa shape index (κ3) is 1.84. The van der Waals surface area contributed by atoms with Gasteiger partial charge in [0.1, 0.15) is 5.82 Å². The van der Waals surface area contributed by atoms with E-state index in [4.69, 9.17) is 11.6 Å². The largest absolute Gasteiger partial charge is 0.310 e. The summed E-state index contributed by atoms with van der Waals surface area (Å²) in [5, 5.41) is 3.94. The first-order valence-corrected chi connectivity index (χ1v) is 4.83. The summed E-state index contributed by atoms with van der Waals surface area (Å²) in [6.45, 7) is 0.998. The molecule has 1 aliphatic heterocycles. The first-order chi connectivity index (χ1) is 6.27. The Labute approximate surface area is 81.9 Å². The molecule has 0 aliphatic carbocycles. The predicted molar refractivity (Wildman–Crippen MR) is 51.4 cm³/mol. The van der Waals surface area contributed by atoms with Crippen molar-refractivity contribution in [3.63, 3.8) is 0 Å². The van der Waals surface area contributed by atoms with Crippen molar-refractivity contribution < 1.29 is 4.39 Å². The summed E-state index contributed by atoms with van der Waals surface area (Å²) in [6, 6.07) is 4.77. The lowest BCUT2D eigenvalue weighted by atomic mass is 10.1. The van der Waals surface area contributed by atoms with Gasteiger partial charge < -0.3 is 5.32 Å². The molecule has 70 valence electrons. The number of rotatable bonds is 1.